The molecule has 0 saturated heterocycles. The van der Waals surface area contributed by atoms with Gasteiger partial charge in [-0.15, -0.1) is 0 Å². The van der Waals surface area contributed by atoms with Crippen molar-refractivity contribution < 1.29 is 0 Å². The summed E-state index contributed by atoms with van der Waals surface area (Å²) in [6.07, 6.45) is 0. The quantitative estimate of drug-likeness (QED) is 0.694. The van der Waals surface area contributed by atoms with Gasteiger partial charge in [0.25, 0.3) is 0 Å². The Morgan fingerprint density at radius 2 is 1.42 bits per heavy atom. The Hall–Kier alpha value is -3.76. The molecule has 0 radical (unpaired) electrons. The molecule has 3 rings (SSSR count). The van der Waals surface area contributed by atoms with Crippen LogP contribution >= 0.6 is 0 Å². The topological polar surface area (TPSA) is 75.4 Å². The summed E-state index contributed by atoms with van der Waals surface area (Å²) < 4.78 is 0. The van der Waals surface area contributed by atoms with Gasteiger partial charge in [-0.1, -0.05) is 48.5 Å². The molecule has 4 nitrogen and oxygen atoms in total. The molecule has 2 aromatic carbocycles. The van der Waals surface area contributed by atoms with Crippen LogP contribution in [0.5, 0.6) is 0 Å². The summed E-state index contributed by atoms with van der Waals surface area (Å²) >= 11 is 0. The normalized spacial score (nSPS) is 9.58. The number of rotatable bonds is 4. The highest BCUT2D eigenvalue weighted by molar-refractivity contribution is 5.83. The average molecular weight is 310 g/mol. The van der Waals surface area contributed by atoms with Crippen LogP contribution in [0.15, 0.2) is 78.4 Å². The number of allylic oxidation sites excluding steroid dienone is 1. The van der Waals surface area contributed by atoms with Crippen LogP contribution in [0.3, 0.4) is 0 Å². The minimum Gasteiger partial charge on any atom is -0.353 e. The molecule has 0 spiro atoms. The fraction of sp³-hybridized carbons (Fsp3) is 0. The Morgan fingerprint density at radius 1 is 0.792 bits per heavy atom. The van der Waals surface area contributed by atoms with Crippen molar-refractivity contribution in [2.24, 2.45) is 0 Å². The van der Waals surface area contributed by atoms with Gasteiger partial charge in [-0.05, 0) is 29.8 Å². The lowest BCUT2D eigenvalue weighted by Crippen LogP contribution is -2.02. The van der Waals surface area contributed by atoms with Crippen molar-refractivity contribution in [2.45, 2.75) is 0 Å². The molecule has 0 fully saturated rings. The largest absolute Gasteiger partial charge is 0.353 e. The fourth-order valence-electron chi connectivity index (χ4n) is 2.39. The molecule has 2 N–H and O–H groups in total. The SMILES string of the molecule is N#CC(C#N)=C(Nc1ccccc1)c1ccc(-c2ccccc2)[nH]1. The monoisotopic (exact) mass is 310 g/mol. The third-order valence-corrected chi connectivity index (χ3v) is 3.56. The van der Waals surface area contributed by atoms with Crippen LogP contribution in [0.4, 0.5) is 5.69 Å². The lowest BCUT2D eigenvalue weighted by molar-refractivity contribution is 1.32. The lowest BCUT2D eigenvalue weighted by Gasteiger charge is -2.10. The van der Waals surface area contributed by atoms with E-state index < -0.39 is 0 Å². The molecule has 1 heterocycles. The number of anilines is 1. The summed E-state index contributed by atoms with van der Waals surface area (Å²) in [6, 6.07) is 27.0. The maximum atomic E-state index is 9.28. The lowest BCUT2D eigenvalue weighted by atomic mass is 10.1. The van der Waals surface area contributed by atoms with Crippen LogP contribution in [0.2, 0.25) is 0 Å². The smallest absolute Gasteiger partial charge is 0.155 e. The van der Waals surface area contributed by atoms with Crippen molar-refractivity contribution >= 4 is 11.4 Å². The van der Waals surface area contributed by atoms with Crippen molar-refractivity contribution in [3.8, 4) is 23.4 Å². The third kappa shape index (κ3) is 3.19. The second-order valence-electron chi connectivity index (χ2n) is 5.12. The highest BCUT2D eigenvalue weighted by atomic mass is 14.9. The maximum absolute atomic E-state index is 9.28. The van der Waals surface area contributed by atoms with Gasteiger partial charge in [0.05, 0.1) is 11.4 Å². The van der Waals surface area contributed by atoms with Crippen LogP contribution in [-0.2, 0) is 0 Å². The molecule has 0 amide bonds. The molecule has 0 aliphatic heterocycles. The highest BCUT2D eigenvalue weighted by Gasteiger charge is 2.12. The van der Waals surface area contributed by atoms with Gasteiger partial charge in [-0.25, -0.2) is 0 Å². The fourth-order valence-corrected chi connectivity index (χ4v) is 2.39. The van der Waals surface area contributed by atoms with E-state index in [9.17, 15) is 10.5 Å². The molecule has 0 bridgehead atoms. The van der Waals surface area contributed by atoms with Crippen LogP contribution < -0.4 is 5.32 Å². The van der Waals surface area contributed by atoms with Crippen molar-refractivity contribution in [3.05, 3.63) is 84.1 Å². The zero-order valence-electron chi connectivity index (χ0n) is 12.8. The van der Waals surface area contributed by atoms with E-state index in [1.807, 2.05) is 84.9 Å². The van der Waals surface area contributed by atoms with E-state index in [1.165, 1.54) is 0 Å². The van der Waals surface area contributed by atoms with E-state index >= 15 is 0 Å². The molecule has 0 aliphatic carbocycles. The predicted octanol–water partition coefficient (Wildman–Crippen LogP) is 4.55. The van der Waals surface area contributed by atoms with Gasteiger partial charge in [-0.3, -0.25) is 0 Å². The number of nitriles is 2. The first kappa shape index (κ1) is 15.1. The minimum atomic E-state index is 0.0281. The van der Waals surface area contributed by atoms with Crippen molar-refractivity contribution in [1.29, 1.82) is 10.5 Å². The highest BCUT2D eigenvalue weighted by Crippen LogP contribution is 2.25. The number of hydrogen-bond acceptors (Lipinski definition) is 3. The first-order chi connectivity index (χ1) is 11.8. The van der Waals surface area contributed by atoms with E-state index in [2.05, 4.69) is 10.3 Å². The first-order valence-electron chi connectivity index (χ1n) is 7.43. The zero-order chi connectivity index (χ0) is 16.8. The Bertz CT molecular complexity index is 923. The molecule has 3 aromatic rings. The number of nitrogens with zero attached hydrogens (tertiary/aromatic N) is 2. The van der Waals surface area contributed by atoms with Gasteiger partial charge in [0.2, 0.25) is 0 Å². The van der Waals surface area contributed by atoms with Crippen LogP contribution in [0.1, 0.15) is 5.69 Å². The average Bonchev–Trinajstić information content (AvgIpc) is 3.13. The number of benzene rings is 2. The molecule has 4 heteroatoms. The third-order valence-electron chi connectivity index (χ3n) is 3.56. The van der Waals surface area contributed by atoms with Crippen molar-refractivity contribution in [1.82, 2.24) is 4.98 Å². The summed E-state index contributed by atoms with van der Waals surface area (Å²) in [5.41, 5.74) is 3.96. The number of hydrogen-bond donors (Lipinski definition) is 2. The summed E-state index contributed by atoms with van der Waals surface area (Å²) in [7, 11) is 0. The molecule has 0 saturated carbocycles. The summed E-state index contributed by atoms with van der Waals surface area (Å²) in [5.74, 6) is 0. The Kier molecular flexibility index (Phi) is 4.42. The van der Waals surface area contributed by atoms with Crippen molar-refractivity contribution in [2.75, 3.05) is 5.32 Å². The van der Waals surface area contributed by atoms with Gasteiger partial charge >= 0.3 is 0 Å². The molecule has 114 valence electrons. The van der Waals surface area contributed by atoms with Gasteiger partial charge in [0.15, 0.2) is 5.57 Å². The van der Waals surface area contributed by atoms with Crippen LogP contribution in [0.25, 0.3) is 17.0 Å². The number of para-hydroxylation sites is 1. The standard InChI is InChI=1S/C20H14N4/c21-13-16(14-22)20(23-17-9-5-2-6-10-17)19-12-11-18(24-19)15-7-3-1-4-8-15/h1-12,23-24H. The Labute approximate surface area is 140 Å². The molecule has 0 atom stereocenters. The van der Waals surface area contributed by atoms with Crippen LogP contribution in [-0.4, -0.2) is 4.98 Å². The zero-order valence-corrected chi connectivity index (χ0v) is 12.8. The Balaban J connectivity index is 2.02. The van der Waals surface area contributed by atoms with E-state index in [4.69, 9.17) is 0 Å². The molecule has 0 aliphatic rings. The molecular formula is C20H14N4. The molecular weight excluding hydrogens is 296 g/mol. The van der Waals surface area contributed by atoms with Crippen molar-refractivity contribution in [3.63, 3.8) is 0 Å². The van der Waals surface area contributed by atoms with Gasteiger partial charge < -0.3 is 10.3 Å². The first-order valence-corrected chi connectivity index (χ1v) is 7.43. The summed E-state index contributed by atoms with van der Waals surface area (Å²) in [5, 5.41) is 21.7. The number of H-pyrrole nitrogens is 1. The molecule has 1 aromatic heterocycles. The van der Waals surface area contributed by atoms with E-state index in [0.717, 1.165) is 16.9 Å². The second-order valence-corrected chi connectivity index (χ2v) is 5.12. The maximum Gasteiger partial charge on any atom is 0.155 e. The van der Waals surface area contributed by atoms with Crippen LogP contribution in [0, 0.1) is 22.7 Å². The van der Waals surface area contributed by atoms with E-state index in [-0.39, 0.29) is 5.57 Å². The summed E-state index contributed by atoms with van der Waals surface area (Å²) in [6.45, 7) is 0. The summed E-state index contributed by atoms with van der Waals surface area (Å²) in [4.78, 5) is 3.28. The number of aromatic nitrogens is 1. The van der Waals surface area contributed by atoms with Gasteiger partial charge in [-0.2, -0.15) is 10.5 Å². The molecule has 24 heavy (non-hydrogen) atoms. The second kappa shape index (κ2) is 7.00. The Morgan fingerprint density at radius 3 is 2.04 bits per heavy atom. The van der Waals surface area contributed by atoms with E-state index in [0.29, 0.717) is 11.4 Å². The molecule has 0 unspecified atom stereocenters. The van der Waals surface area contributed by atoms with Gasteiger partial charge in [0.1, 0.15) is 12.1 Å². The minimum absolute atomic E-state index is 0.0281. The van der Waals surface area contributed by atoms with Gasteiger partial charge in [0, 0.05) is 11.4 Å². The predicted molar refractivity (Wildman–Crippen MR) is 94.4 cm³/mol. The number of nitrogens with one attached hydrogen (secondary N) is 2. The van der Waals surface area contributed by atoms with E-state index in [1.54, 1.807) is 0 Å². The number of aromatic amines is 1.